The van der Waals surface area contributed by atoms with Crippen LogP contribution in [0.3, 0.4) is 0 Å². The van der Waals surface area contributed by atoms with Gasteiger partial charge in [-0.15, -0.1) is 0 Å². The van der Waals surface area contributed by atoms with Gasteiger partial charge in [-0.3, -0.25) is 9.59 Å². The predicted octanol–water partition coefficient (Wildman–Crippen LogP) is 2.48. The Labute approximate surface area is 145 Å². The summed E-state index contributed by atoms with van der Waals surface area (Å²) in [5.74, 6) is -1.33. The standard InChI is InChI=1S/C18H22N2O5/c1-9-10(2)17(18(23)24)20-13(9)7-14-12(5-6-16(22)25-4)11(3)15(8-21)19-14/h8,19-20H,5-7H2,1-4H3,(H,23,24). The molecule has 0 aliphatic rings. The molecule has 0 aromatic carbocycles. The van der Waals surface area contributed by atoms with Crippen LogP contribution in [0.25, 0.3) is 0 Å². The number of carboxylic acid groups (broad SMARTS) is 1. The van der Waals surface area contributed by atoms with Crippen molar-refractivity contribution in [1.29, 1.82) is 0 Å². The molecule has 2 heterocycles. The summed E-state index contributed by atoms with van der Waals surface area (Å²) in [6.45, 7) is 5.44. The lowest BCUT2D eigenvalue weighted by Crippen LogP contribution is -2.04. The van der Waals surface area contributed by atoms with Crippen molar-refractivity contribution in [3.63, 3.8) is 0 Å². The third-order valence-electron chi connectivity index (χ3n) is 4.66. The number of aldehydes is 1. The van der Waals surface area contributed by atoms with E-state index in [0.29, 0.717) is 24.1 Å². The van der Waals surface area contributed by atoms with Crippen molar-refractivity contribution in [2.45, 2.75) is 40.0 Å². The van der Waals surface area contributed by atoms with Crippen LogP contribution in [0.15, 0.2) is 0 Å². The Morgan fingerprint density at radius 3 is 2.28 bits per heavy atom. The molecule has 25 heavy (non-hydrogen) atoms. The number of ether oxygens (including phenoxy) is 1. The van der Waals surface area contributed by atoms with Gasteiger partial charge in [0.15, 0.2) is 6.29 Å². The lowest BCUT2D eigenvalue weighted by atomic mass is 10.0. The fourth-order valence-corrected chi connectivity index (χ4v) is 2.98. The van der Waals surface area contributed by atoms with E-state index in [-0.39, 0.29) is 18.1 Å². The minimum atomic E-state index is -1.01. The Kier molecular flexibility index (Phi) is 5.46. The van der Waals surface area contributed by atoms with Gasteiger partial charge in [-0.1, -0.05) is 0 Å². The first-order valence-electron chi connectivity index (χ1n) is 7.93. The first-order valence-corrected chi connectivity index (χ1v) is 7.93. The van der Waals surface area contributed by atoms with E-state index in [2.05, 4.69) is 14.7 Å². The van der Waals surface area contributed by atoms with Gasteiger partial charge in [0.05, 0.1) is 12.8 Å². The number of carbonyl (C=O) groups is 3. The van der Waals surface area contributed by atoms with Gasteiger partial charge < -0.3 is 19.8 Å². The maximum absolute atomic E-state index is 11.4. The van der Waals surface area contributed by atoms with Crippen LogP contribution in [0.1, 0.15) is 61.0 Å². The molecule has 7 heteroatoms. The molecule has 0 saturated heterocycles. The number of aromatic nitrogens is 2. The molecular weight excluding hydrogens is 324 g/mol. The molecule has 0 spiro atoms. The second-order valence-corrected chi connectivity index (χ2v) is 6.03. The number of aromatic carboxylic acids is 1. The second kappa shape index (κ2) is 7.38. The average Bonchev–Trinajstić information content (AvgIpc) is 3.04. The number of methoxy groups -OCH3 is 1. The molecule has 2 rings (SSSR count). The van der Waals surface area contributed by atoms with Gasteiger partial charge in [-0.2, -0.15) is 0 Å². The lowest BCUT2D eigenvalue weighted by molar-refractivity contribution is -0.140. The highest BCUT2D eigenvalue weighted by Crippen LogP contribution is 2.25. The van der Waals surface area contributed by atoms with E-state index in [4.69, 9.17) is 0 Å². The van der Waals surface area contributed by atoms with Crippen molar-refractivity contribution in [2.75, 3.05) is 7.11 Å². The van der Waals surface area contributed by atoms with Gasteiger partial charge in [-0.05, 0) is 49.4 Å². The van der Waals surface area contributed by atoms with E-state index in [1.54, 1.807) is 6.92 Å². The van der Waals surface area contributed by atoms with Crippen LogP contribution in [-0.4, -0.2) is 40.4 Å². The van der Waals surface area contributed by atoms with Crippen molar-refractivity contribution >= 4 is 18.2 Å². The molecule has 0 unspecified atom stereocenters. The lowest BCUT2D eigenvalue weighted by Gasteiger charge is -2.06. The van der Waals surface area contributed by atoms with Crippen molar-refractivity contribution in [3.05, 3.63) is 45.0 Å². The molecular formula is C18H22N2O5. The number of esters is 1. The van der Waals surface area contributed by atoms with E-state index in [0.717, 1.165) is 34.4 Å². The van der Waals surface area contributed by atoms with Crippen LogP contribution in [0.4, 0.5) is 0 Å². The first kappa shape index (κ1) is 18.5. The fourth-order valence-electron chi connectivity index (χ4n) is 2.98. The van der Waals surface area contributed by atoms with E-state index >= 15 is 0 Å². The Morgan fingerprint density at radius 2 is 1.76 bits per heavy atom. The smallest absolute Gasteiger partial charge is 0.352 e. The molecule has 2 aromatic heterocycles. The molecule has 0 atom stereocenters. The molecule has 3 N–H and O–H groups in total. The summed E-state index contributed by atoms with van der Waals surface area (Å²) >= 11 is 0. The van der Waals surface area contributed by atoms with E-state index in [1.165, 1.54) is 7.11 Å². The highest BCUT2D eigenvalue weighted by molar-refractivity contribution is 5.88. The third-order valence-corrected chi connectivity index (χ3v) is 4.66. The minimum Gasteiger partial charge on any atom is -0.477 e. The first-order chi connectivity index (χ1) is 11.8. The molecule has 2 aromatic rings. The zero-order chi connectivity index (χ0) is 18.7. The highest BCUT2D eigenvalue weighted by atomic mass is 16.5. The zero-order valence-corrected chi connectivity index (χ0v) is 14.8. The molecule has 7 nitrogen and oxygen atoms in total. The van der Waals surface area contributed by atoms with Crippen LogP contribution in [0, 0.1) is 20.8 Å². The van der Waals surface area contributed by atoms with E-state index in [9.17, 15) is 19.5 Å². The largest absolute Gasteiger partial charge is 0.477 e. The Bertz CT molecular complexity index is 829. The van der Waals surface area contributed by atoms with Crippen LogP contribution < -0.4 is 0 Å². The van der Waals surface area contributed by atoms with Crippen molar-refractivity contribution < 1.29 is 24.2 Å². The van der Waals surface area contributed by atoms with E-state index < -0.39 is 5.97 Å². The zero-order valence-electron chi connectivity index (χ0n) is 14.8. The second-order valence-electron chi connectivity index (χ2n) is 6.03. The maximum atomic E-state index is 11.4. The van der Waals surface area contributed by atoms with E-state index in [1.807, 2.05) is 13.8 Å². The predicted molar refractivity (Wildman–Crippen MR) is 91.3 cm³/mol. The minimum absolute atomic E-state index is 0.169. The Morgan fingerprint density at radius 1 is 1.08 bits per heavy atom. The van der Waals surface area contributed by atoms with Gasteiger partial charge in [0.1, 0.15) is 5.69 Å². The van der Waals surface area contributed by atoms with Crippen molar-refractivity contribution in [2.24, 2.45) is 0 Å². The molecule has 0 saturated carbocycles. The molecule has 0 radical (unpaired) electrons. The Hall–Kier alpha value is -2.83. The maximum Gasteiger partial charge on any atom is 0.352 e. The fraction of sp³-hybridized carbons (Fsp3) is 0.389. The molecule has 0 aliphatic carbocycles. The Balaban J connectivity index is 2.39. The van der Waals surface area contributed by atoms with Crippen LogP contribution in [-0.2, 0) is 22.4 Å². The summed E-state index contributed by atoms with van der Waals surface area (Å²) in [4.78, 5) is 40.0. The molecule has 0 fully saturated rings. The number of hydrogen-bond acceptors (Lipinski definition) is 4. The van der Waals surface area contributed by atoms with Crippen molar-refractivity contribution in [3.8, 4) is 0 Å². The molecule has 134 valence electrons. The summed E-state index contributed by atoms with van der Waals surface area (Å²) in [5.41, 5.74) is 5.45. The summed E-state index contributed by atoms with van der Waals surface area (Å²) in [6.07, 6.45) is 1.83. The number of H-pyrrole nitrogens is 2. The van der Waals surface area contributed by atoms with Crippen LogP contribution in [0.2, 0.25) is 0 Å². The van der Waals surface area contributed by atoms with Gasteiger partial charge >= 0.3 is 11.9 Å². The number of aromatic amines is 2. The molecule has 0 bridgehead atoms. The summed E-state index contributed by atoms with van der Waals surface area (Å²) in [7, 11) is 1.34. The SMILES string of the molecule is COC(=O)CCc1c(Cc2[nH]c(C(=O)O)c(C)c2C)[nH]c(C=O)c1C. The molecule has 0 aliphatic heterocycles. The van der Waals surface area contributed by atoms with Gasteiger partial charge in [0.25, 0.3) is 0 Å². The number of nitrogens with one attached hydrogen (secondary N) is 2. The van der Waals surface area contributed by atoms with Crippen molar-refractivity contribution in [1.82, 2.24) is 9.97 Å². The summed E-state index contributed by atoms with van der Waals surface area (Å²) in [6, 6.07) is 0. The number of carboxylic acids is 1. The average molecular weight is 346 g/mol. The quantitative estimate of drug-likeness (QED) is 0.527. The van der Waals surface area contributed by atoms with Crippen LogP contribution in [0.5, 0.6) is 0 Å². The summed E-state index contributed by atoms with van der Waals surface area (Å²) < 4.78 is 4.68. The third kappa shape index (κ3) is 3.65. The number of rotatable bonds is 7. The van der Waals surface area contributed by atoms with Crippen LogP contribution >= 0.6 is 0 Å². The van der Waals surface area contributed by atoms with Gasteiger partial charge in [0.2, 0.25) is 0 Å². The monoisotopic (exact) mass is 346 g/mol. The van der Waals surface area contributed by atoms with Gasteiger partial charge in [0, 0.05) is 24.2 Å². The van der Waals surface area contributed by atoms with Gasteiger partial charge in [-0.25, -0.2) is 4.79 Å². The number of hydrogen-bond donors (Lipinski definition) is 3. The topological polar surface area (TPSA) is 112 Å². The highest BCUT2D eigenvalue weighted by Gasteiger charge is 2.20. The molecule has 0 amide bonds. The normalized spacial score (nSPS) is 10.7. The number of carbonyl (C=O) groups excluding carboxylic acids is 2. The summed E-state index contributed by atoms with van der Waals surface area (Å²) in [5, 5.41) is 9.25.